The van der Waals surface area contributed by atoms with Gasteiger partial charge in [0.2, 0.25) is 0 Å². The van der Waals surface area contributed by atoms with Gasteiger partial charge in [0.1, 0.15) is 5.60 Å². The molecule has 2 N–H and O–H groups in total. The summed E-state index contributed by atoms with van der Waals surface area (Å²) in [5.74, 6) is 0.0896. The Hall–Kier alpha value is -0.650. The molecule has 2 unspecified atom stereocenters. The third-order valence-corrected chi connectivity index (χ3v) is 3.36. The lowest BCUT2D eigenvalue weighted by molar-refractivity contribution is -0.157. The van der Waals surface area contributed by atoms with Gasteiger partial charge in [-0.3, -0.25) is 4.79 Å². The van der Waals surface area contributed by atoms with Gasteiger partial charge in [0.25, 0.3) is 5.91 Å². The van der Waals surface area contributed by atoms with Crippen LogP contribution in [0.2, 0.25) is 0 Å². The Labute approximate surface area is 95.9 Å². The van der Waals surface area contributed by atoms with Gasteiger partial charge in [0, 0.05) is 26.2 Å². The monoisotopic (exact) mass is 228 g/mol. The van der Waals surface area contributed by atoms with Gasteiger partial charge in [-0.15, -0.1) is 0 Å². The van der Waals surface area contributed by atoms with Crippen LogP contribution >= 0.6 is 0 Å². The van der Waals surface area contributed by atoms with Crippen LogP contribution in [0.25, 0.3) is 0 Å². The molecule has 0 aromatic carbocycles. The van der Waals surface area contributed by atoms with Crippen molar-refractivity contribution in [3.8, 4) is 0 Å². The molecule has 0 saturated carbocycles. The molecule has 2 aliphatic rings. The summed E-state index contributed by atoms with van der Waals surface area (Å²) in [7, 11) is 0. The molecule has 2 rings (SSSR count). The maximum atomic E-state index is 12.3. The zero-order valence-electron chi connectivity index (χ0n) is 9.78. The molecule has 0 aromatic rings. The van der Waals surface area contributed by atoms with Crippen LogP contribution in [0.3, 0.4) is 0 Å². The molecule has 0 radical (unpaired) electrons. The Balaban J connectivity index is 1.98. The minimum absolute atomic E-state index is 0.0253. The van der Waals surface area contributed by atoms with E-state index in [4.69, 9.17) is 15.2 Å². The van der Waals surface area contributed by atoms with Crippen molar-refractivity contribution in [3.63, 3.8) is 0 Å². The SMILES string of the molecule is CC1(C(=O)N2CCOC(CN)C2)CCCO1. The average Bonchev–Trinajstić information content (AvgIpc) is 2.76. The summed E-state index contributed by atoms with van der Waals surface area (Å²) in [5.41, 5.74) is 4.94. The Morgan fingerprint density at radius 3 is 3.00 bits per heavy atom. The molecule has 5 nitrogen and oxygen atoms in total. The van der Waals surface area contributed by atoms with Crippen LogP contribution in [0.15, 0.2) is 0 Å². The van der Waals surface area contributed by atoms with E-state index < -0.39 is 5.60 Å². The molecule has 2 atom stereocenters. The molecular weight excluding hydrogens is 208 g/mol. The smallest absolute Gasteiger partial charge is 0.254 e. The lowest BCUT2D eigenvalue weighted by Gasteiger charge is -2.36. The van der Waals surface area contributed by atoms with Crippen LogP contribution in [0.4, 0.5) is 0 Å². The first-order chi connectivity index (χ1) is 7.65. The second-order valence-electron chi connectivity index (χ2n) is 4.66. The third kappa shape index (κ3) is 2.21. The molecule has 16 heavy (non-hydrogen) atoms. The van der Waals surface area contributed by atoms with Gasteiger partial charge in [-0.2, -0.15) is 0 Å². The predicted octanol–water partition coefficient (Wildman–Crippen LogP) is -0.258. The number of ether oxygens (including phenoxy) is 2. The molecule has 1 amide bonds. The van der Waals surface area contributed by atoms with Gasteiger partial charge in [-0.05, 0) is 19.8 Å². The van der Waals surface area contributed by atoms with E-state index in [1.54, 1.807) is 0 Å². The van der Waals surface area contributed by atoms with E-state index in [2.05, 4.69) is 0 Å². The van der Waals surface area contributed by atoms with Crippen molar-refractivity contribution in [2.75, 3.05) is 32.8 Å². The first kappa shape index (κ1) is 11.8. The number of hydrogen-bond acceptors (Lipinski definition) is 4. The average molecular weight is 228 g/mol. The molecule has 2 fully saturated rings. The minimum Gasteiger partial charge on any atom is -0.373 e. The topological polar surface area (TPSA) is 64.8 Å². The number of nitrogens with zero attached hydrogens (tertiary/aromatic N) is 1. The Morgan fingerprint density at radius 1 is 1.56 bits per heavy atom. The van der Waals surface area contributed by atoms with Gasteiger partial charge in [-0.1, -0.05) is 0 Å². The normalized spacial score (nSPS) is 35.4. The van der Waals surface area contributed by atoms with Crippen LogP contribution in [-0.4, -0.2) is 55.4 Å². The van der Waals surface area contributed by atoms with Crippen LogP contribution in [0.1, 0.15) is 19.8 Å². The van der Waals surface area contributed by atoms with Crippen LogP contribution in [-0.2, 0) is 14.3 Å². The van der Waals surface area contributed by atoms with Crippen molar-refractivity contribution in [3.05, 3.63) is 0 Å². The van der Waals surface area contributed by atoms with Crippen LogP contribution < -0.4 is 5.73 Å². The molecule has 2 saturated heterocycles. The molecule has 92 valence electrons. The van der Waals surface area contributed by atoms with Gasteiger partial charge in [-0.25, -0.2) is 0 Å². The van der Waals surface area contributed by atoms with Crippen LogP contribution in [0, 0.1) is 0 Å². The maximum Gasteiger partial charge on any atom is 0.254 e. The maximum absolute atomic E-state index is 12.3. The quantitative estimate of drug-likeness (QED) is 0.707. The van der Waals surface area contributed by atoms with Gasteiger partial charge < -0.3 is 20.1 Å². The highest BCUT2D eigenvalue weighted by Crippen LogP contribution is 2.27. The molecule has 0 bridgehead atoms. The summed E-state index contributed by atoms with van der Waals surface area (Å²) >= 11 is 0. The molecule has 2 aliphatic heterocycles. The fourth-order valence-corrected chi connectivity index (χ4v) is 2.33. The number of amides is 1. The Bertz CT molecular complexity index is 264. The zero-order chi connectivity index (χ0) is 11.6. The summed E-state index contributed by atoms with van der Waals surface area (Å²) in [6, 6.07) is 0. The summed E-state index contributed by atoms with van der Waals surface area (Å²) in [6.45, 7) is 4.84. The van der Waals surface area contributed by atoms with E-state index in [-0.39, 0.29) is 12.0 Å². The van der Waals surface area contributed by atoms with Gasteiger partial charge in [0.05, 0.1) is 12.7 Å². The zero-order valence-corrected chi connectivity index (χ0v) is 9.78. The molecule has 0 spiro atoms. The molecule has 0 aromatic heterocycles. The Morgan fingerprint density at radius 2 is 2.38 bits per heavy atom. The van der Waals surface area contributed by atoms with E-state index in [0.717, 1.165) is 12.8 Å². The standard InChI is InChI=1S/C11H20N2O3/c1-11(3-2-5-16-11)10(14)13-4-6-15-9(7-12)8-13/h9H,2-8,12H2,1H3. The predicted molar refractivity (Wildman–Crippen MR) is 59.0 cm³/mol. The highest BCUT2D eigenvalue weighted by Gasteiger charge is 2.41. The number of rotatable bonds is 2. The lowest BCUT2D eigenvalue weighted by atomic mass is 10.0. The first-order valence-corrected chi connectivity index (χ1v) is 5.91. The van der Waals surface area contributed by atoms with Gasteiger partial charge >= 0.3 is 0 Å². The van der Waals surface area contributed by atoms with Crippen molar-refractivity contribution < 1.29 is 14.3 Å². The van der Waals surface area contributed by atoms with E-state index >= 15 is 0 Å². The first-order valence-electron chi connectivity index (χ1n) is 5.91. The molecular formula is C11H20N2O3. The summed E-state index contributed by atoms with van der Waals surface area (Å²) < 4.78 is 11.0. The third-order valence-electron chi connectivity index (χ3n) is 3.36. The second-order valence-corrected chi connectivity index (χ2v) is 4.66. The highest BCUT2D eigenvalue weighted by atomic mass is 16.5. The Kier molecular flexibility index (Phi) is 3.47. The highest BCUT2D eigenvalue weighted by molar-refractivity contribution is 5.85. The number of carbonyl (C=O) groups is 1. The summed E-state index contributed by atoms with van der Waals surface area (Å²) in [6.07, 6.45) is 1.76. The summed E-state index contributed by atoms with van der Waals surface area (Å²) in [5, 5.41) is 0. The molecule has 2 heterocycles. The summed E-state index contributed by atoms with van der Waals surface area (Å²) in [4.78, 5) is 14.1. The molecule has 5 heteroatoms. The van der Waals surface area contributed by atoms with Crippen molar-refractivity contribution in [1.82, 2.24) is 4.90 Å². The number of nitrogens with two attached hydrogens (primary N) is 1. The number of morpholine rings is 1. The van der Waals surface area contributed by atoms with Crippen molar-refractivity contribution in [2.45, 2.75) is 31.5 Å². The largest absolute Gasteiger partial charge is 0.373 e. The number of carbonyl (C=O) groups excluding carboxylic acids is 1. The van der Waals surface area contributed by atoms with E-state index in [1.807, 2.05) is 11.8 Å². The molecule has 0 aliphatic carbocycles. The fourth-order valence-electron chi connectivity index (χ4n) is 2.33. The lowest BCUT2D eigenvalue weighted by Crippen LogP contribution is -2.54. The van der Waals surface area contributed by atoms with Gasteiger partial charge in [0.15, 0.2) is 0 Å². The minimum atomic E-state index is -0.615. The van der Waals surface area contributed by atoms with Crippen molar-refractivity contribution in [2.24, 2.45) is 5.73 Å². The van der Waals surface area contributed by atoms with Crippen LogP contribution in [0.5, 0.6) is 0 Å². The van der Waals surface area contributed by atoms with E-state index in [9.17, 15) is 4.79 Å². The fraction of sp³-hybridized carbons (Fsp3) is 0.909. The van der Waals surface area contributed by atoms with E-state index in [0.29, 0.717) is 32.8 Å². The van der Waals surface area contributed by atoms with Crippen molar-refractivity contribution >= 4 is 5.91 Å². The second kappa shape index (κ2) is 4.69. The number of hydrogen-bond donors (Lipinski definition) is 1. The van der Waals surface area contributed by atoms with E-state index in [1.165, 1.54) is 0 Å². The van der Waals surface area contributed by atoms with Crippen molar-refractivity contribution in [1.29, 1.82) is 0 Å².